The van der Waals surface area contributed by atoms with E-state index in [9.17, 15) is 19.5 Å². The van der Waals surface area contributed by atoms with Gasteiger partial charge in [0.05, 0.1) is 6.20 Å². The molecule has 2 aromatic heterocycles. The summed E-state index contributed by atoms with van der Waals surface area (Å²) in [5.41, 5.74) is 6.21. The Morgan fingerprint density at radius 2 is 2.34 bits per heavy atom. The average Bonchev–Trinajstić information content (AvgIpc) is 3.45. The number of fused-ring (bicyclic) bond motifs is 1. The van der Waals surface area contributed by atoms with Gasteiger partial charge in [0, 0.05) is 16.9 Å². The number of hydrogen-bond donors (Lipinski definition) is 4. The number of carbonyl (C=O) groups excluding carboxylic acids is 2. The Morgan fingerprint density at radius 1 is 1.53 bits per heavy atom. The van der Waals surface area contributed by atoms with Crippen LogP contribution in [0.25, 0.3) is 0 Å². The number of nitrogen functional groups attached to an aromatic ring is 1. The Balaban J connectivity index is 1.49. The van der Waals surface area contributed by atoms with Crippen molar-refractivity contribution >= 4 is 63.5 Å². The highest BCUT2D eigenvalue weighted by Gasteiger charge is 2.54. The molecule has 2 amide bonds. The summed E-state index contributed by atoms with van der Waals surface area (Å²) in [6, 6.07) is -0.912. The van der Waals surface area contributed by atoms with Gasteiger partial charge < -0.3 is 21.0 Å². The Labute approximate surface area is 192 Å². The molecule has 0 radical (unpaired) electrons. The summed E-state index contributed by atoms with van der Waals surface area (Å²) >= 11 is 3.80. The smallest absolute Gasteiger partial charge is 0.352 e. The van der Waals surface area contributed by atoms with E-state index >= 15 is 0 Å². The van der Waals surface area contributed by atoms with Gasteiger partial charge in [0.15, 0.2) is 10.8 Å². The SMILES string of the molecule is CO/N=C(\C(=O)NC1C(=O)N2C(C(=O)O)=C(CSc3cn[nH]n3)CS[C@H]12)c1csc(N)n1. The molecule has 4 rings (SSSR count). The van der Waals surface area contributed by atoms with E-state index in [1.54, 1.807) is 5.38 Å². The molecule has 32 heavy (non-hydrogen) atoms. The van der Waals surface area contributed by atoms with E-state index in [4.69, 9.17) is 10.6 Å². The van der Waals surface area contributed by atoms with Crippen LogP contribution in [0, 0.1) is 0 Å². The summed E-state index contributed by atoms with van der Waals surface area (Å²) in [4.78, 5) is 47.4. The van der Waals surface area contributed by atoms with Crippen LogP contribution in [0.3, 0.4) is 0 Å². The molecule has 2 atom stereocenters. The number of carboxylic acids is 1. The molecule has 16 heteroatoms. The van der Waals surface area contributed by atoms with Crippen LogP contribution in [0.5, 0.6) is 0 Å². The number of aromatic amines is 1. The minimum atomic E-state index is -1.20. The highest BCUT2D eigenvalue weighted by atomic mass is 32.2. The summed E-state index contributed by atoms with van der Waals surface area (Å²) in [5, 5.41) is 28.0. The molecular weight excluding hydrogens is 480 g/mol. The summed E-state index contributed by atoms with van der Waals surface area (Å²) in [6.07, 6.45) is 1.53. The molecule has 1 saturated heterocycles. The summed E-state index contributed by atoms with van der Waals surface area (Å²) < 4.78 is 0. The second-order valence-corrected chi connectivity index (χ2v) is 9.40. The molecular formula is C16H16N8O5S3. The molecule has 2 aliphatic rings. The van der Waals surface area contributed by atoms with Crippen molar-refractivity contribution in [3.05, 3.63) is 28.5 Å². The quantitative estimate of drug-likeness (QED) is 0.163. The Bertz CT molecular complexity index is 1110. The number of amides is 2. The zero-order valence-corrected chi connectivity index (χ0v) is 18.8. The second kappa shape index (κ2) is 9.17. The zero-order chi connectivity index (χ0) is 22.8. The van der Waals surface area contributed by atoms with Gasteiger partial charge in [-0.15, -0.1) is 28.2 Å². The van der Waals surface area contributed by atoms with Crippen molar-refractivity contribution in [3.8, 4) is 0 Å². The van der Waals surface area contributed by atoms with Gasteiger partial charge in [0.1, 0.15) is 34.9 Å². The molecule has 1 fully saturated rings. The van der Waals surface area contributed by atoms with Crippen molar-refractivity contribution in [3.63, 3.8) is 0 Å². The predicted octanol–water partition coefficient (Wildman–Crippen LogP) is -0.275. The van der Waals surface area contributed by atoms with Gasteiger partial charge in [-0.3, -0.25) is 14.5 Å². The highest BCUT2D eigenvalue weighted by molar-refractivity contribution is 8.01. The number of H-pyrrole nitrogens is 1. The van der Waals surface area contributed by atoms with Crippen molar-refractivity contribution in [1.29, 1.82) is 0 Å². The third-order valence-electron chi connectivity index (χ3n) is 4.49. The molecule has 2 aromatic rings. The summed E-state index contributed by atoms with van der Waals surface area (Å²) in [7, 11) is 1.28. The number of oxime groups is 1. The van der Waals surface area contributed by atoms with Crippen molar-refractivity contribution in [2.24, 2.45) is 5.16 Å². The minimum Gasteiger partial charge on any atom is -0.477 e. The number of thiazole rings is 1. The zero-order valence-electron chi connectivity index (χ0n) is 16.3. The van der Waals surface area contributed by atoms with Crippen molar-refractivity contribution in [2.45, 2.75) is 16.4 Å². The predicted molar refractivity (Wildman–Crippen MR) is 117 cm³/mol. The third-order valence-corrected chi connectivity index (χ3v) is 7.48. The second-order valence-electron chi connectivity index (χ2n) is 6.41. The third kappa shape index (κ3) is 4.15. The molecule has 5 N–H and O–H groups in total. The lowest BCUT2D eigenvalue weighted by Crippen LogP contribution is -2.71. The number of thioether (sulfide) groups is 2. The number of nitrogens with one attached hydrogen (secondary N) is 2. The van der Waals surface area contributed by atoms with Gasteiger partial charge in [0.2, 0.25) is 0 Å². The molecule has 0 aliphatic carbocycles. The van der Waals surface area contributed by atoms with Crippen LogP contribution >= 0.6 is 34.9 Å². The monoisotopic (exact) mass is 496 g/mol. The molecule has 0 bridgehead atoms. The Kier molecular flexibility index (Phi) is 6.33. The van der Waals surface area contributed by atoms with Crippen molar-refractivity contribution in [1.82, 2.24) is 30.6 Å². The van der Waals surface area contributed by atoms with E-state index in [0.717, 1.165) is 11.3 Å². The molecule has 0 saturated carbocycles. The van der Waals surface area contributed by atoms with Crippen LogP contribution < -0.4 is 11.1 Å². The van der Waals surface area contributed by atoms with Gasteiger partial charge in [-0.1, -0.05) is 16.9 Å². The lowest BCUT2D eigenvalue weighted by molar-refractivity contribution is -0.150. The fourth-order valence-corrected chi connectivity index (χ4v) is 5.93. The van der Waals surface area contributed by atoms with E-state index in [1.165, 1.54) is 41.7 Å². The maximum absolute atomic E-state index is 12.8. The topological polar surface area (TPSA) is 189 Å². The van der Waals surface area contributed by atoms with Gasteiger partial charge in [0.25, 0.3) is 11.8 Å². The van der Waals surface area contributed by atoms with Crippen LogP contribution in [0.15, 0.2) is 33.0 Å². The molecule has 2 aliphatic heterocycles. The maximum Gasteiger partial charge on any atom is 0.352 e. The van der Waals surface area contributed by atoms with Crippen LogP contribution in [0.1, 0.15) is 5.69 Å². The van der Waals surface area contributed by atoms with Crippen molar-refractivity contribution < 1.29 is 24.3 Å². The highest BCUT2D eigenvalue weighted by Crippen LogP contribution is 2.41. The summed E-state index contributed by atoms with van der Waals surface area (Å²) in [6.45, 7) is 0. The molecule has 1 unspecified atom stereocenters. The maximum atomic E-state index is 12.8. The Hall–Kier alpha value is -3.11. The average molecular weight is 497 g/mol. The number of nitrogens with zero attached hydrogens (tertiary/aromatic N) is 5. The number of carboxylic acid groups (broad SMARTS) is 1. The fourth-order valence-electron chi connectivity index (χ4n) is 3.12. The van der Waals surface area contributed by atoms with Crippen LogP contribution in [-0.2, 0) is 19.2 Å². The van der Waals surface area contributed by atoms with E-state index in [-0.39, 0.29) is 22.2 Å². The van der Waals surface area contributed by atoms with Crippen LogP contribution in [0.2, 0.25) is 0 Å². The van der Waals surface area contributed by atoms with Gasteiger partial charge in [-0.25, -0.2) is 9.78 Å². The summed E-state index contributed by atoms with van der Waals surface area (Å²) in [5.74, 6) is -1.68. The number of β-lactam (4-membered cyclic amide) rings is 1. The number of rotatable bonds is 8. The van der Waals surface area contributed by atoms with E-state index in [0.29, 0.717) is 22.1 Å². The van der Waals surface area contributed by atoms with E-state index in [2.05, 4.69) is 30.9 Å². The lowest BCUT2D eigenvalue weighted by atomic mass is 10.0. The molecule has 4 heterocycles. The van der Waals surface area contributed by atoms with Crippen LogP contribution in [-0.4, -0.2) is 83.9 Å². The van der Waals surface area contributed by atoms with Gasteiger partial charge >= 0.3 is 5.97 Å². The number of aliphatic carboxylic acids is 1. The number of anilines is 1. The first-order valence-corrected chi connectivity index (χ1v) is 11.8. The fraction of sp³-hybridized carbons (Fsp3) is 0.312. The molecule has 168 valence electrons. The Morgan fingerprint density at radius 3 is 2.97 bits per heavy atom. The number of hydrogen-bond acceptors (Lipinski definition) is 12. The lowest BCUT2D eigenvalue weighted by Gasteiger charge is -2.49. The first kappa shape index (κ1) is 22.1. The van der Waals surface area contributed by atoms with Gasteiger partial charge in [-0.05, 0) is 5.57 Å². The first-order chi connectivity index (χ1) is 15.4. The van der Waals surface area contributed by atoms with Gasteiger partial charge in [-0.2, -0.15) is 10.3 Å². The largest absolute Gasteiger partial charge is 0.477 e. The molecule has 13 nitrogen and oxygen atoms in total. The number of nitrogens with two attached hydrogens (primary N) is 1. The van der Waals surface area contributed by atoms with Crippen LogP contribution in [0.4, 0.5) is 5.13 Å². The first-order valence-electron chi connectivity index (χ1n) is 8.92. The standard InChI is InChI=1S/C16H16N8O5S3/c1-29-22-9(7-5-32-16(17)19-7)12(25)20-10-13(26)24-11(15(27)28)6(4-31-14(10)24)3-30-8-2-18-23-21-8/h2,5,10,14H,3-4H2,1H3,(H2,17,19)(H,20,25)(H,27,28)(H,18,21,23)/b22-9-/t10?,14-/m1/s1. The minimum absolute atomic E-state index is 0.0710. The van der Waals surface area contributed by atoms with E-state index < -0.39 is 29.2 Å². The molecule has 0 spiro atoms. The van der Waals surface area contributed by atoms with E-state index in [1.807, 2.05) is 0 Å². The number of aromatic nitrogens is 4. The normalized spacial score (nSPS) is 20.6. The number of carbonyl (C=O) groups is 3. The van der Waals surface area contributed by atoms with Crippen molar-refractivity contribution in [2.75, 3.05) is 24.3 Å². The molecule has 0 aromatic carbocycles.